The van der Waals surface area contributed by atoms with Crippen LogP contribution >= 0.6 is 0 Å². The number of rotatable bonds is 6. The van der Waals surface area contributed by atoms with Crippen molar-refractivity contribution in [3.63, 3.8) is 0 Å². The molecule has 3 heterocycles. The molecule has 0 saturated carbocycles. The summed E-state index contributed by atoms with van der Waals surface area (Å²) in [5.41, 5.74) is 0.797. The van der Waals surface area contributed by atoms with Crippen LogP contribution in [0.15, 0.2) is 23.2 Å². The van der Waals surface area contributed by atoms with E-state index in [1.165, 1.54) is 9.80 Å². The average molecular weight is 403 g/mol. The van der Waals surface area contributed by atoms with Crippen LogP contribution in [0.5, 0.6) is 11.5 Å². The molecule has 2 saturated heterocycles. The highest BCUT2D eigenvalue weighted by Gasteiger charge is 2.54. The molecular weight excluding hydrogens is 378 g/mol. The molecule has 2 atom stereocenters. The van der Waals surface area contributed by atoms with Crippen LogP contribution in [0.3, 0.4) is 0 Å². The molecule has 0 spiro atoms. The quantitative estimate of drug-likeness (QED) is 0.723. The Labute approximate surface area is 168 Å². The SMILES string of the molecule is COc1ccc(OC)c(N2CCN3C2=NC2C3C(=O)N(CCCO)C(=O)N2C)c1. The summed E-state index contributed by atoms with van der Waals surface area (Å²) in [6.45, 7) is 1.34. The van der Waals surface area contributed by atoms with E-state index in [4.69, 9.17) is 19.6 Å². The predicted octanol–water partition coefficient (Wildman–Crippen LogP) is 0.167. The fourth-order valence-corrected chi connectivity index (χ4v) is 4.11. The number of nitrogens with zero attached hydrogens (tertiary/aromatic N) is 5. The summed E-state index contributed by atoms with van der Waals surface area (Å²) in [4.78, 5) is 37.1. The molecular formula is C19H25N5O5. The number of benzene rings is 1. The van der Waals surface area contributed by atoms with Crippen LogP contribution in [0, 0.1) is 0 Å². The van der Waals surface area contributed by atoms with Crippen molar-refractivity contribution in [3.05, 3.63) is 18.2 Å². The third-order valence-corrected chi connectivity index (χ3v) is 5.59. The number of carbonyl (C=O) groups excluding carboxylic acids is 2. The number of guanidine groups is 1. The Morgan fingerprint density at radius 2 is 2.00 bits per heavy atom. The van der Waals surface area contributed by atoms with Crippen LogP contribution in [-0.4, -0.2) is 97.4 Å². The molecule has 0 bridgehead atoms. The van der Waals surface area contributed by atoms with Crippen molar-refractivity contribution in [2.24, 2.45) is 4.99 Å². The first-order valence-corrected chi connectivity index (χ1v) is 9.55. The van der Waals surface area contributed by atoms with Gasteiger partial charge in [-0.1, -0.05) is 0 Å². The fourth-order valence-electron chi connectivity index (χ4n) is 4.11. The summed E-state index contributed by atoms with van der Waals surface area (Å²) < 4.78 is 10.9. The summed E-state index contributed by atoms with van der Waals surface area (Å²) in [5.74, 6) is 1.73. The number of hydrogen-bond acceptors (Lipinski definition) is 8. The number of likely N-dealkylation sites (N-methyl/N-ethyl adjacent to an activating group) is 1. The molecule has 156 valence electrons. The first-order chi connectivity index (χ1) is 14.0. The second-order valence-corrected chi connectivity index (χ2v) is 7.13. The molecule has 0 radical (unpaired) electrons. The van der Waals surface area contributed by atoms with E-state index in [9.17, 15) is 9.59 Å². The van der Waals surface area contributed by atoms with Gasteiger partial charge >= 0.3 is 6.03 Å². The number of ether oxygens (including phenoxy) is 2. The molecule has 3 aliphatic heterocycles. The van der Waals surface area contributed by atoms with Crippen LogP contribution in [0.2, 0.25) is 0 Å². The van der Waals surface area contributed by atoms with Gasteiger partial charge in [-0.15, -0.1) is 0 Å². The lowest BCUT2D eigenvalue weighted by Crippen LogP contribution is -2.64. The first kappa shape index (κ1) is 19.3. The second-order valence-electron chi connectivity index (χ2n) is 7.13. The van der Waals surface area contributed by atoms with Gasteiger partial charge in [0, 0.05) is 39.4 Å². The van der Waals surface area contributed by atoms with Gasteiger partial charge in [0.1, 0.15) is 11.5 Å². The Balaban J connectivity index is 1.67. The number of anilines is 1. The zero-order valence-corrected chi connectivity index (χ0v) is 16.7. The summed E-state index contributed by atoms with van der Waals surface area (Å²) in [6, 6.07) is 4.57. The smallest absolute Gasteiger partial charge is 0.328 e. The monoisotopic (exact) mass is 403 g/mol. The Hall–Kier alpha value is -3.01. The molecule has 10 nitrogen and oxygen atoms in total. The third kappa shape index (κ3) is 2.94. The van der Waals surface area contributed by atoms with E-state index >= 15 is 0 Å². The summed E-state index contributed by atoms with van der Waals surface area (Å²) in [6.07, 6.45) is -0.224. The van der Waals surface area contributed by atoms with Gasteiger partial charge in [0.2, 0.25) is 5.96 Å². The van der Waals surface area contributed by atoms with Gasteiger partial charge in [-0.3, -0.25) is 9.69 Å². The summed E-state index contributed by atoms with van der Waals surface area (Å²) >= 11 is 0. The molecule has 1 aromatic carbocycles. The zero-order chi connectivity index (χ0) is 20.7. The van der Waals surface area contributed by atoms with Gasteiger partial charge in [-0.2, -0.15) is 0 Å². The van der Waals surface area contributed by atoms with Crippen molar-refractivity contribution in [1.29, 1.82) is 0 Å². The van der Waals surface area contributed by atoms with Crippen LogP contribution in [-0.2, 0) is 4.79 Å². The van der Waals surface area contributed by atoms with Crippen molar-refractivity contribution < 1.29 is 24.2 Å². The van der Waals surface area contributed by atoms with Crippen molar-refractivity contribution in [2.75, 3.05) is 52.4 Å². The minimum Gasteiger partial charge on any atom is -0.497 e. The molecule has 3 aliphatic rings. The molecule has 1 aromatic rings. The lowest BCUT2D eigenvalue weighted by atomic mass is 10.1. The van der Waals surface area contributed by atoms with Crippen molar-refractivity contribution >= 4 is 23.6 Å². The highest BCUT2D eigenvalue weighted by molar-refractivity contribution is 6.08. The Kier molecular flexibility index (Phi) is 4.95. The number of imide groups is 1. The maximum atomic E-state index is 13.1. The highest BCUT2D eigenvalue weighted by Crippen LogP contribution is 2.38. The van der Waals surface area contributed by atoms with Gasteiger partial charge in [-0.05, 0) is 18.6 Å². The van der Waals surface area contributed by atoms with E-state index in [0.717, 1.165) is 5.69 Å². The molecule has 0 aromatic heterocycles. The number of carbonyl (C=O) groups is 2. The van der Waals surface area contributed by atoms with Crippen molar-refractivity contribution in [3.8, 4) is 11.5 Å². The van der Waals surface area contributed by atoms with Gasteiger partial charge in [0.05, 0.1) is 19.9 Å². The summed E-state index contributed by atoms with van der Waals surface area (Å²) in [7, 11) is 4.86. The number of methoxy groups -OCH3 is 2. The van der Waals surface area contributed by atoms with Crippen LogP contribution in [0.1, 0.15) is 6.42 Å². The Morgan fingerprint density at radius 1 is 1.21 bits per heavy atom. The molecule has 4 rings (SSSR count). The highest BCUT2D eigenvalue weighted by atomic mass is 16.5. The Morgan fingerprint density at radius 3 is 2.69 bits per heavy atom. The van der Waals surface area contributed by atoms with Gasteiger partial charge in [0.25, 0.3) is 5.91 Å². The molecule has 3 amide bonds. The third-order valence-electron chi connectivity index (χ3n) is 5.59. The van der Waals surface area contributed by atoms with Crippen molar-refractivity contribution in [1.82, 2.24) is 14.7 Å². The molecule has 1 N–H and O–H groups in total. The number of urea groups is 1. The lowest BCUT2D eigenvalue weighted by molar-refractivity contribution is -0.137. The second kappa shape index (κ2) is 7.43. The molecule has 29 heavy (non-hydrogen) atoms. The van der Waals surface area contributed by atoms with Gasteiger partial charge < -0.3 is 29.3 Å². The van der Waals surface area contributed by atoms with E-state index in [-0.39, 0.29) is 25.1 Å². The Bertz CT molecular complexity index is 859. The minimum absolute atomic E-state index is 0.0796. The number of aliphatic imine (C=N–C) groups is 1. The van der Waals surface area contributed by atoms with Crippen LogP contribution < -0.4 is 14.4 Å². The van der Waals surface area contributed by atoms with E-state index in [0.29, 0.717) is 37.0 Å². The molecule has 2 unspecified atom stereocenters. The van der Waals surface area contributed by atoms with E-state index in [1.807, 2.05) is 28.0 Å². The van der Waals surface area contributed by atoms with E-state index in [1.54, 1.807) is 21.3 Å². The maximum absolute atomic E-state index is 13.1. The number of hydrogen-bond donors (Lipinski definition) is 1. The van der Waals surface area contributed by atoms with Gasteiger partial charge in [0.15, 0.2) is 12.2 Å². The van der Waals surface area contributed by atoms with E-state index < -0.39 is 12.2 Å². The number of fused-ring (bicyclic) bond motifs is 3. The van der Waals surface area contributed by atoms with Crippen LogP contribution in [0.25, 0.3) is 0 Å². The summed E-state index contributed by atoms with van der Waals surface area (Å²) in [5, 5.41) is 9.10. The molecule has 0 aliphatic carbocycles. The van der Waals surface area contributed by atoms with Crippen LogP contribution in [0.4, 0.5) is 10.5 Å². The largest absolute Gasteiger partial charge is 0.497 e. The standard InChI is InChI=1S/C19H25N5O5/c1-21-16-15(17(26)24(19(21)27)7-4-10-25)23-9-8-22(18(23)20-16)13-11-12(28-2)5-6-14(13)29-3/h5-6,11,15-16,25H,4,7-10H2,1-3H3. The molecule has 10 heteroatoms. The number of amides is 3. The van der Waals surface area contributed by atoms with Gasteiger partial charge in [-0.25, -0.2) is 9.79 Å². The van der Waals surface area contributed by atoms with Crippen molar-refractivity contribution in [2.45, 2.75) is 18.6 Å². The average Bonchev–Trinajstić information content (AvgIpc) is 3.31. The lowest BCUT2D eigenvalue weighted by Gasteiger charge is -2.40. The normalized spacial score (nSPS) is 23.4. The minimum atomic E-state index is -0.574. The molecule has 2 fully saturated rings. The fraction of sp³-hybridized carbons (Fsp3) is 0.526. The predicted molar refractivity (Wildman–Crippen MR) is 105 cm³/mol. The topological polar surface area (TPSA) is 98.1 Å². The maximum Gasteiger partial charge on any atom is 0.328 e. The van der Waals surface area contributed by atoms with E-state index in [2.05, 4.69) is 0 Å². The number of aliphatic hydroxyl groups is 1. The number of aliphatic hydroxyl groups excluding tert-OH is 1. The first-order valence-electron chi connectivity index (χ1n) is 9.55. The zero-order valence-electron chi connectivity index (χ0n) is 16.7.